The van der Waals surface area contributed by atoms with Crippen LogP contribution in [0.15, 0.2) is 41.2 Å². The van der Waals surface area contributed by atoms with E-state index in [1.165, 1.54) is 4.68 Å². The number of hydrogen-bond acceptors (Lipinski definition) is 3. The van der Waals surface area contributed by atoms with Crippen LogP contribution in [0.3, 0.4) is 0 Å². The maximum atomic E-state index is 13.9. The molecule has 28 heavy (non-hydrogen) atoms. The van der Waals surface area contributed by atoms with Gasteiger partial charge in [-0.3, -0.25) is 9.59 Å². The highest BCUT2D eigenvalue weighted by atomic mass is 19.2. The Kier molecular flexibility index (Phi) is 5.77. The molecule has 0 aliphatic rings. The number of carbonyl (C=O) groups excluding carboxylic acids is 1. The van der Waals surface area contributed by atoms with E-state index in [0.29, 0.717) is 29.8 Å². The summed E-state index contributed by atoms with van der Waals surface area (Å²) >= 11 is 0. The first-order valence-electron chi connectivity index (χ1n) is 8.88. The lowest BCUT2D eigenvalue weighted by Gasteiger charge is -2.12. The summed E-state index contributed by atoms with van der Waals surface area (Å²) in [6.45, 7) is 2.35. The van der Waals surface area contributed by atoms with Gasteiger partial charge in [-0.05, 0) is 24.6 Å². The van der Waals surface area contributed by atoms with Crippen molar-refractivity contribution in [2.45, 2.75) is 32.7 Å². The number of hydrogen-bond donors (Lipinski definition) is 1. The van der Waals surface area contributed by atoms with E-state index in [1.54, 1.807) is 24.3 Å². The maximum absolute atomic E-state index is 13.9. The normalized spacial score (nSPS) is 11.0. The Bertz CT molecular complexity index is 1100. The van der Waals surface area contributed by atoms with Crippen molar-refractivity contribution in [3.8, 4) is 0 Å². The van der Waals surface area contributed by atoms with Crippen LogP contribution in [0, 0.1) is 17.5 Å². The highest BCUT2D eigenvalue weighted by Crippen LogP contribution is 2.21. The molecule has 0 aliphatic carbocycles. The Morgan fingerprint density at radius 2 is 1.75 bits per heavy atom. The molecular weight excluding hydrogens is 371 g/mol. The van der Waals surface area contributed by atoms with Gasteiger partial charge in [-0.15, -0.1) is 0 Å². The average Bonchev–Trinajstić information content (AvgIpc) is 2.70. The number of aryl methyl sites for hydroxylation is 1. The van der Waals surface area contributed by atoms with Crippen molar-refractivity contribution in [2.75, 3.05) is 5.32 Å². The van der Waals surface area contributed by atoms with Crippen molar-refractivity contribution in [3.05, 3.63) is 69.9 Å². The van der Waals surface area contributed by atoms with Crippen molar-refractivity contribution in [3.63, 3.8) is 0 Å². The highest BCUT2D eigenvalue weighted by molar-refractivity contribution is 6.11. The van der Waals surface area contributed by atoms with E-state index in [-0.39, 0.29) is 11.3 Å². The van der Waals surface area contributed by atoms with Gasteiger partial charge in [0, 0.05) is 11.9 Å². The Morgan fingerprint density at radius 1 is 1.04 bits per heavy atom. The van der Waals surface area contributed by atoms with Gasteiger partial charge in [-0.25, -0.2) is 17.9 Å². The number of carbonyl (C=O) groups is 1. The smallest absolute Gasteiger partial charge is 0.276 e. The number of nitrogens with zero attached hydrogens (tertiary/aromatic N) is 2. The average molecular weight is 389 g/mol. The first kappa shape index (κ1) is 19.6. The van der Waals surface area contributed by atoms with Gasteiger partial charge < -0.3 is 5.32 Å². The standard InChI is InChI=1S/C20H18F3N3O2/c1-2-3-6-11-26-20(28)13-8-5-4-7-12(13)18(25-26)19(27)24-15-10-9-14(21)16(22)17(15)23/h4-5,7-10H,2-3,6,11H2,1H3,(H,24,27). The van der Waals surface area contributed by atoms with Gasteiger partial charge >= 0.3 is 0 Å². The molecule has 3 rings (SSSR count). The van der Waals surface area contributed by atoms with E-state index in [9.17, 15) is 22.8 Å². The van der Waals surface area contributed by atoms with Gasteiger partial charge in [-0.1, -0.05) is 38.0 Å². The molecule has 0 aliphatic heterocycles. The number of aromatic nitrogens is 2. The Balaban J connectivity index is 2.04. The van der Waals surface area contributed by atoms with E-state index in [2.05, 4.69) is 10.4 Å². The molecule has 1 N–H and O–H groups in total. The van der Waals surface area contributed by atoms with E-state index in [0.717, 1.165) is 18.9 Å². The molecule has 3 aromatic rings. The molecule has 1 aromatic heterocycles. The lowest BCUT2D eigenvalue weighted by Crippen LogP contribution is -2.28. The molecule has 1 amide bonds. The molecule has 0 atom stereocenters. The van der Waals surface area contributed by atoms with Crippen LogP contribution in [0.25, 0.3) is 10.8 Å². The van der Waals surface area contributed by atoms with Gasteiger partial charge in [-0.2, -0.15) is 5.10 Å². The number of amides is 1. The largest absolute Gasteiger partial charge is 0.318 e. The predicted octanol–water partition coefficient (Wildman–Crippen LogP) is 4.26. The number of halogens is 3. The third-order valence-electron chi connectivity index (χ3n) is 4.34. The van der Waals surface area contributed by atoms with Crippen molar-refractivity contribution >= 4 is 22.4 Å². The van der Waals surface area contributed by atoms with Crippen LogP contribution < -0.4 is 10.9 Å². The third kappa shape index (κ3) is 3.76. The van der Waals surface area contributed by atoms with Crippen LogP contribution in [0.2, 0.25) is 0 Å². The SMILES string of the molecule is CCCCCn1nc(C(=O)Nc2ccc(F)c(F)c2F)c2ccccc2c1=O. The first-order valence-corrected chi connectivity index (χ1v) is 8.88. The second-order valence-electron chi connectivity index (χ2n) is 6.31. The quantitative estimate of drug-likeness (QED) is 0.506. The number of unbranched alkanes of at least 4 members (excludes halogenated alkanes) is 2. The maximum Gasteiger partial charge on any atom is 0.276 e. The first-order chi connectivity index (χ1) is 13.4. The molecule has 5 nitrogen and oxygen atoms in total. The Labute approximate surface area is 158 Å². The van der Waals surface area contributed by atoms with Gasteiger partial charge in [0.15, 0.2) is 23.1 Å². The van der Waals surface area contributed by atoms with Crippen molar-refractivity contribution in [2.24, 2.45) is 0 Å². The summed E-state index contributed by atoms with van der Waals surface area (Å²) in [5, 5.41) is 6.93. The second-order valence-corrected chi connectivity index (χ2v) is 6.31. The number of anilines is 1. The third-order valence-corrected chi connectivity index (χ3v) is 4.34. The summed E-state index contributed by atoms with van der Waals surface area (Å²) in [4.78, 5) is 25.3. The summed E-state index contributed by atoms with van der Waals surface area (Å²) in [5.74, 6) is -5.37. The molecule has 0 spiro atoms. The fourth-order valence-corrected chi connectivity index (χ4v) is 2.87. The minimum absolute atomic E-state index is 0.101. The van der Waals surface area contributed by atoms with Crippen LogP contribution in [-0.2, 0) is 6.54 Å². The highest BCUT2D eigenvalue weighted by Gasteiger charge is 2.20. The predicted molar refractivity (Wildman–Crippen MR) is 99.8 cm³/mol. The number of benzene rings is 2. The van der Waals surface area contributed by atoms with Crippen molar-refractivity contribution in [1.29, 1.82) is 0 Å². The van der Waals surface area contributed by atoms with Crippen LogP contribution in [0.4, 0.5) is 18.9 Å². The molecule has 0 radical (unpaired) electrons. The summed E-state index contributed by atoms with van der Waals surface area (Å²) in [5.41, 5.74) is -0.948. The molecule has 0 fully saturated rings. The zero-order valence-electron chi connectivity index (χ0n) is 15.1. The topological polar surface area (TPSA) is 64.0 Å². The van der Waals surface area contributed by atoms with Gasteiger partial charge in [0.1, 0.15) is 0 Å². The Morgan fingerprint density at radius 3 is 2.46 bits per heavy atom. The van der Waals surface area contributed by atoms with E-state index in [1.807, 2.05) is 6.92 Å². The van der Waals surface area contributed by atoms with E-state index >= 15 is 0 Å². The lowest BCUT2D eigenvalue weighted by molar-refractivity contribution is 0.102. The minimum atomic E-state index is -1.68. The van der Waals surface area contributed by atoms with Gasteiger partial charge in [0.05, 0.1) is 11.1 Å². The molecule has 0 saturated carbocycles. The molecule has 0 unspecified atom stereocenters. The molecule has 146 valence electrons. The fourth-order valence-electron chi connectivity index (χ4n) is 2.87. The van der Waals surface area contributed by atoms with Crippen LogP contribution >= 0.6 is 0 Å². The van der Waals surface area contributed by atoms with Crippen LogP contribution in [0.1, 0.15) is 36.7 Å². The van der Waals surface area contributed by atoms with Gasteiger partial charge in [0.25, 0.3) is 11.5 Å². The van der Waals surface area contributed by atoms with Crippen molar-refractivity contribution in [1.82, 2.24) is 9.78 Å². The summed E-state index contributed by atoms with van der Waals surface area (Å²) in [6.07, 6.45) is 2.55. The molecule has 8 heteroatoms. The Hall–Kier alpha value is -3.16. The van der Waals surface area contributed by atoms with Gasteiger partial charge in [0.2, 0.25) is 0 Å². The lowest BCUT2D eigenvalue weighted by atomic mass is 10.1. The van der Waals surface area contributed by atoms with Crippen molar-refractivity contribution < 1.29 is 18.0 Å². The number of nitrogens with one attached hydrogen (secondary N) is 1. The molecular formula is C20H18F3N3O2. The summed E-state index contributed by atoms with van der Waals surface area (Å²) in [6, 6.07) is 8.06. The summed E-state index contributed by atoms with van der Waals surface area (Å²) < 4.78 is 41.6. The number of fused-ring (bicyclic) bond motifs is 1. The van der Waals surface area contributed by atoms with Crippen LogP contribution in [0.5, 0.6) is 0 Å². The molecule has 1 heterocycles. The number of rotatable bonds is 6. The summed E-state index contributed by atoms with van der Waals surface area (Å²) in [7, 11) is 0. The fraction of sp³-hybridized carbons (Fsp3) is 0.250. The second kappa shape index (κ2) is 8.24. The van der Waals surface area contributed by atoms with Crippen LogP contribution in [-0.4, -0.2) is 15.7 Å². The zero-order valence-corrected chi connectivity index (χ0v) is 15.1. The molecule has 0 saturated heterocycles. The minimum Gasteiger partial charge on any atom is -0.318 e. The molecule has 2 aromatic carbocycles. The van der Waals surface area contributed by atoms with E-state index in [4.69, 9.17) is 0 Å². The van der Waals surface area contributed by atoms with E-state index < -0.39 is 29.0 Å². The molecule has 0 bridgehead atoms. The zero-order chi connectivity index (χ0) is 20.3. The monoisotopic (exact) mass is 389 g/mol.